The van der Waals surface area contributed by atoms with Gasteiger partial charge in [0.1, 0.15) is 5.57 Å². The Hall–Kier alpha value is -3.19. The first kappa shape index (κ1) is 16.3. The molecule has 2 fully saturated rings. The zero-order valence-electron chi connectivity index (χ0n) is 14.4. The van der Waals surface area contributed by atoms with E-state index < -0.39 is 17.8 Å². The minimum absolute atomic E-state index is 0.00499. The molecule has 7 nitrogen and oxygen atoms in total. The lowest BCUT2D eigenvalue weighted by atomic mass is 9.98. The van der Waals surface area contributed by atoms with E-state index in [-0.39, 0.29) is 11.6 Å². The van der Waals surface area contributed by atoms with Gasteiger partial charge in [-0.2, -0.15) is 0 Å². The smallest absolute Gasteiger partial charge is 0.324 e. The summed E-state index contributed by atoms with van der Waals surface area (Å²) in [5.74, 6) is -1.16. The molecule has 4 rings (SSSR count). The molecule has 1 atom stereocenters. The Kier molecular flexibility index (Phi) is 3.73. The molecule has 0 saturated carbocycles. The van der Waals surface area contributed by atoms with E-state index in [4.69, 9.17) is 0 Å². The van der Waals surface area contributed by atoms with Crippen molar-refractivity contribution in [3.8, 4) is 0 Å². The minimum Gasteiger partial charge on any atom is -0.324 e. The summed E-state index contributed by atoms with van der Waals surface area (Å²) in [6.45, 7) is 0. The number of fused-ring (bicyclic) bond motifs is 1. The SMILES string of the molecule is CN1C(=O)C(=C2CC(c3ccc4ccccc4c3)NN2)C(=O)N(C)C1=O. The van der Waals surface area contributed by atoms with Crippen LogP contribution in [-0.2, 0) is 9.59 Å². The quantitative estimate of drug-likeness (QED) is 0.604. The Bertz CT molecular complexity index is 956. The largest absolute Gasteiger partial charge is 0.333 e. The molecule has 4 amide bonds. The Labute approximate surface area is 150 Å². The van der Waals surface area contributed by atoms with E-state index in [9.17, 15) is 14.4 Å². The highest BCUT2D eigenvalue weighted by Crippen LogP contribution is 2.30. The molecule has 2 aliphatic heterocycles. The fraction of sp³-hybridized carbons (Fsp3) is 0.211. The van der Waals surface area contributed by atoms with Gasteiger partial charge in [-0.25, -0.2) is 10.2 Å². The third-order valence-electron chi connectivity index (χ3n) is 4.89. The van der Waals surface area contributed by atoms with Crippen LogP contribution >= 0.6 is 0 Å². The second-order valence-electron chi connectivity index (χ2n) is 6.50. The molecule has 7 heteroatoms. The molecular formula is C19H18N4O3. The van der Waals surface area contributed by atoms with Crippen LogP contribution in [0.4, 0.5) is 4.79 Å². The molecular weight excluding hydrogens is 332 g/mol. The molecule has 2 heterocycles. The van der Waals surface area contributed by atoms with Gasteiger partial charge in [-0.3, -0.25) is 19.4 Å². The molecule has 132 valence electrons. The Morgan fingerprint density at radius 1 is 0.923 bits per heavy atom. The molecule has 1 unspecified atom stereocenters. The first-order valence-corrected chi connectivity index (χ1v) is 8.31. The lowest BCUT2D eigenvalue weighted by Gasteiger charge is -2.29. The predicted molar refractivity (Wildman–Crippen MR) is 95.5 cm³/mol. The van der Waals surface area contributed by atoms with Gasteiger partial charge in [-0.05, 0) is 22.4 Å². The van der Waals surface area contributed by atoms with Crippen molar-refractivity contribution in [2.24, 2.45) is 0 Å². The monoisotopic (exact) mass is 350 g/mol. The summed E-state index contributed by atoms with van der Waals surface area (Å²) >= 11 is 0. The van der Waals surface area contributed by atoms with Gasteiger partial charge in [0.25, 0.3) is 11.8 Å². The second-order valence-corrected chi connectivity index (χ2v) is 6.50. The number of barbiturate groups is 1. The lowest BCUT2D eigenvalue weighted by molar-refractivity contribution is -0.134. The van der Waals surface area contributed by atoms with Crippen molar-refractivity contribution in [1.82, 2.24) is 20.7 Å². The number of amides is 4. The summed E-state index contributed by atoms with van der Waals surface area (Å²) in [5, 5.41) is 2.28. The summed E-state index contributed by atoms with van der Waals surface area (Å²) in [4.78, 5) is 38.6. The van der Waals surface area contributed by atoms with Gasteiger partial charge >= 0.3 is 6.03 Å². The van der Waals surface area contributed by atoms with Crippen molar-refractivity contribution in [2.75, 3.05) is 14.1 Å². The number of urea groups is 1. The summed E-state index contributed by atoms with van der Waals surface area (Å²) in [5.41, 5.74) is 7.66. The van der Waals surface area contributed by atoms with E-state index in [0.717, 1.165) is 26.1 Å². The van der Waals surface area contributed by atoms with Gasteiger partial charge in [0.2, 0.25) is 0 Å². The number of hydrogen-bond donors (Lipinski definition) is 2. The van der Waals surface area contributed by atoms with Gasteiger partial charge < -0.3 is 5.43 Å². The average molecular weight is 350 g/mol. The number of hydrazine groups is 1. The first-order chi connectivity index (χ1) is 12.5. The van der Waals surface area contributed by atoms with Crippen molar-refractivity contribution in [2.45, 2.75) is 12.5 Å². The van der Waals surface area contributed by atoms with Crippen LogP contribution in [0.15, 0.2) is 53.7 Å². The molecule has 2 aromatic carbocycles. The maximum absolute atomic E-state index is 12.4. The van der Waals surface area contributed by atoms with E-state index in [1.54, 1.807) is 0 Å². The van der Waals surface area contributed by atoms with Crippen molar-refractivity contribution in [3.63, 3.8) is 0 Å². The number of likely N-dealkylation sites (N-methyl/N-ethyl adjacent to an activating group) is 2. The number of hydrogen-bond acceptors (Lipinski definition) is 5. The van der Waals surface area contributed by atoms with Crippen LogP contribution in [0.3, 0.4) is 0 Å². The van der Waals surface area contributed by atoms with Crippen molar-refractivity contribution >= 4 is 28.6 Å². The highest BCUT2D eigenvalue weighted by atomic mass is 16.2. The van der Waals surface area contributed by atoms with E-state index in [1.807, 2.05) is 24.3 Å². The summed E-state index contributed by atoms with van der Waals surface area (Å²) in [6, 6.07) is 13.6. The van der Waals surface area contributed by atoms with E-state index in [1.165, 1.54) is 14.1 Å². The normalized spacial score (nSPS) is 21.0. The minimum atomic E-state index is -0.624. The number of benzene rings is 2. The molecule has 0 spiro atoms. The van der Waals surface area contributed by atoms with E-state index in [0.29, 0.717) is 12.1 Å². The van der Waals surface area contributed by atoms with Gasteiger partial charge in [0.05, 0.1) is 6.04 Å². The van der Waals surface area contributed by atoms with Crippen LogP contribution in [0, 0.1) is 0 Å². The van der Waals surface area contributed by atoms with Gasteiger partial charge in [-0.15, -0.1) is 0 Å². The molecule has 0 bridgehead atoms. The first-order valence-electron chi connectivity index (χ1n) is 8.31. The van der Waals surface area contributed by atoms with Gasteiger partial charge in [0.15, 0.2) is 0 Å². The molecule has 26 heavy (non-hydrogen) atoms. The van der Waals surface area contributed by atoms with Crippen molar-refractivity contribution in [1.29, 1.82) is 0 Å². The summed E-state index contributed by atoms with van der Waals surface area (Å²) < 4.78 is 0. The number of imide groups is 2. The average Bonchev–Trinajstić information content (AvgIpc) is 3.14. The van der Waals surface area contributed by atoms with Crippen LogP contribution in [0.1, 0.15) is 18.0 Å². The molecule has 0 aromatic heterocycles. The molecule has 0 radical (unpaired) electrons. The standard InChI is InChI=1S/C19H18N4O3/c1-22-17(24)16(18(25)23(2)19(22)26)15-10-14(20-21-15)13-8-7-11-5-3-4-6-12(11)9-13/h3-9,14,20-21H,10H2,1-2H3. The fourth-order valence-electron chi connectivity index (χ4n) is 3.35. The second kappa shape index (κ2) is 5.96. The van der Waals surface area contributed by atoms with Gasteiger partial charge in [0, 0.05) is 26.2 Å². The summed E-state index contributed by atoms with van der Waals surface area (Å²) in [7, 11) is 2.74. The zero-order chi connectivity index (χ0) is 18.4. The van der Waals surface area contributed by atoms with Crippen LogP contribution < -0.4 is 10.9 Å². The third-order valence-corrected chi connectivity index (χ3v) is 4.89. The lowest BCUT2D eigenvalue weighted by Crippen LogP contribution is -2.53. The van der Waals surface area contributed by atoms with E-state index >= 15 is 0 Å². The number of nitrogens with one attached hydrogen (secondary N) is 2. The number of nitrogens with zero attached hydrogens (tertiary/aromatic N) is 2. The Morgan fingerprint density at radius 2 is 1.58 bits per heavy atom. The van der Waals surface area contributed by atoms with Crippen molar-refractivity contribution in [3.05, 3.63) is 59.3 Å². The number of carbonyl (C=O) groups excluding carboxylic acids is 3. The van der Waals surface area contributed by atoms with Gasteiger partial charge in [-0.1, -0.05) is 36.4 Å². The summed E-state index contributed by atoms with van der Waals surface area (Å²) in [6.07, 6.45) is 0.459. The maximum atomic E-state index is 12.4. The molecule has 2 saturated heterocycles. The zero-order valence-corrected chi connectivity index (χ0v) is 14.4. The highest BCUT2D eigenvalue weighted by molar-refractivity contribution is 6.28. The fourth-order valence-corrected chi connectivity index (χ4v) is 3.35. The van der Waals surface area contributed by atoms with Crippen LogP contribution in [0.5, 0.6) is 0 Å². The van der Waals surface area contributed by atoms with Crippen LogP contribution in [0.25, 0.3) is 10.8 Å². The molecule has 2 N–H and O–H groups in total. The topological polar surface area (TPSA) is 81.8 Å². The Morgan fingerprint density at radius 3 is 2.27 bits per heavy atom. The van der Waals surface area contributed by atoms with Crippen molar-refractivity contribution < 1.29 is 14.4 Å². The molecule has 2 aliphatic rings. The number of carbonyl (C=O) groups is 3. The number of rotatable bonds is 1. The predicted octanol–water partition coefficient (Wildman–Crippen LogP) is 1.68. The van der Waals surface area contributed by atoms with E-state index in [2.05, 4.69) is 29.1 Å². The highest BCUT2D eigenvalue weighted by Gasteiger charge is 2.41. The van der Waals surface area contributed by atoms with Crippen LogP contribution in [-0.4, -0.2) is 41.7 Å². The maximum Gasteiger partial charge on any atom is 0.333 e. The Balaban J connectivity index is 1.66. The molecule has 2 aromatic rings. The van der Waals surface area contributed by atoms with Crippen LogP contribution in [0.2, 0.25) is 0 Å². The molecule has 0 aliphatic carbocycles. The third kappa shape index (κ3) is 2.44.